The van der Waals surface area contributed by atoms with E-state index in [9.17, 15) is 4.79 Å². The van der Waals surface area contributed by atoms with Gasteiger partial charge in [0.05, 0.1) is 24.9 Å². The number of hydrogen-bond donors (Lipinski definition) is 0. The Morgan fingerprint density at radius 3 is 2.62 bits per heavy atom. The van der Waals surface area contributed by atoms with Crippen LogP contribution in [0.3, 0.4) is 0 Å². The molecule has 3 aromatic rings. The van der Waals surface area contributed by atoms with Crippen LogP contribution >= 0.6 is 11.3 Å². The summed E-state index contributed by atoms with van der Waals surface area (Å²) in [5, 5.41) is 2.97. The molecule has 3 rings (SSSR count). The van der Waals surface area contributed by atoms with Gasteiger partial charge in [-0.15, -0.1) is 11.3 Å². The summed E-state index contributed by atoms with van der Waals surface area (Å²) in [4.78, 5) is 18.9. The van der Waals surface area contributed by atoms with Gasteiger partial charge in [0.2, 0.25) is 0 Å². The van der Waals surface area contributed by atoms with Crippen LogP contribution in [0.4, 0.5) is 0 Å². The van der Waals surface area contributed by atoms with Crippen molar-refractivity contribution in [2.24, 2.45) is 0 Å². The first-order valence-corrected chi connectivity index (χ1v) is 9.99. The zero-order valence-electron chi connectivity index (χ0n) is 17.0. The maximum atomic E-state index is 12.9. The van der Waals surface area contributed by atoms with Crippen LogP contribution in [0.1, 0.15) is 26.6 Å². The summed E-state index contributed by atoms with van der Waals surface area (Å²) in [7, 11) is 4.94. The molecule has 2 aromatic carbocycles. The molecule has 7 heteroatoms. The molecule has 0 bridgehead atoms. The quantitative estimate of drug-likeness (QED) is 0.551. The maximum absolute atomic E-state index is 12.9. The lowest BCUT2D eigenvalue weighted by molar-refractivity contribution is 0.0783. The molecule has 29 heavy (non-hydrogen) atoms. The summed E-state index contributed by atoms with van der Waals surface area (Å²) < 4.78 is 16.6. The second-order valence-electron chi connectivity index (χ2n) is 6.49. The topological polar surface area (TPSA) is 60.9 Å². The highest BCUT2D eigenvalue weighted by atomic mass is 32.1. The third-order valence-corrected chi connectivity index (χ3v) is 5.20. The number of benzene rings is 2. The normalized spacial score (nSPS) is 10.5. The highest BCUT2D eigenvalue weighted by Crippen LogP contribution is 2.31. The molecule has 0 unspecified atom stereocenters. The van der Waals surface area contributed by atoms with Gasteiger partial charge in [-0.1, -0.05) is 18.2 Å². The van der Waals surface area contributed by atoms with E-state index in [2.05, 4.69) is 4.98 Å². The molecule has 1 amide bonds. The summed E-state index contributed by atoms with van der Waals surface area (Å²) in [6.45, 7) is 2.72. The maximum Gasteiger partial charge on any atom is 0.254 e. The van der Waals surface area contributed by atoms with Gasteiger partial charge in [0.1, 0.15) is 12.4 Å². The molecule has 1 aromatic heterocycles. The summed E-state index contributed by atoms with van der Waals surface area (Å²) in [5.41, 5.74) is 2.31. The molecule has 1 heterocycles. The van der Waals surface area contributed by atoms with Crippen LogP contribution in [0.25, 0.3) is 0 Å². The lowest BCUT2D eigenvalue weighted by atomic mass is 10.1. The Hall–Kier alpha value is -3.06. The largest absolute Gasteiger partial charge is 0.493 e. The number of methoxy groups -OCH3 is 2. The SMILES string of the molecule is COc1cccc(CN(C)C(=O)c2cccc(OCc3csc(C)n3)c2)c1OC. The first kappa shape index (κ1) is 20.7. The van der Waals surface area contributed by atoms with Gasteiger partial charge in [-0.3, -0.25) is 4.79 Å². The van der Waals surface area contributed by atoms with Crippen molar-refractivity contribution in [2.75, 3.05) is 21.3 Å². The van der Waals surface area contributed by atoms with E-state index in [0.29, 0.717) is 36.0 Å². The number of carbonyl (C=O) groups excluding carboxylic acids is 1. The van der Waals surface area contributed by atoms with E-state index < -0.39 is 0 Å². The number of nitrogens with zero attached hydrogens (tertiary/aromatic N) is 2. The van der Waals surface area contributed by atoms with Crippen molar-refractivity contribution in [3.05, 3.63) is 69.7 Å². The van der Waals surface area contributed by atoms with Crippen LogP contribution in [-0.4, -0.2) is 37.1 Å². The van der Waals surface area contributed by atoms with E-state index in [4.69, 9.17) is 14.2 Å². The predicted octanol–water partition coefficient (Wildman–Crippen LogP) is 4.32. The average molecular weight is 413 g/mol. The molecule has 0 aliphatic rings. The Labute approximate surface area is 174 Å². The Bertz CT molecular complexity index is 986. The standard InChI is InChI=1S/C22H24N2O4S/c1-15-23-18(14-29-15)13-28-19-9-5-7-16(11-19)22(25)24(2)12-17-8-6-10-20(26-3)21(17)27-4/h5-11,14H,12-13H2,1-4H3. The number of hydrogen-bond acceptors (Lipinski definition) is 6. The van der Waals surface area contributed by atoms with Crippen molar-refractivity contribution >= 4 is 17.2 Å². The van der Waals surface area contributed by atoms with Gasteiger partial charge < -0.3 is 19.1 Å². The number of thiazole rings is 1. The van der Waals surface area contributed by atoms with Crippen molar-refractivity contribution in [1.29, 1.82) is 0 Å². The number of aryl methyl sites for hydroxylation is 1. The van der Waals surface area contributed by atoms with E-state index in [1.807, 2.05) is 42.6 Å². The highest BCUT2D eigenvalue weighted by Gasteiger charge is 2.17. The van der Waals surface area contributed by atoms with Crippen LogP contribution in [0.15, 0.2) is 47.8 Å². The molecule has 0 saturated carbocycles. The molecule has 0 N–H and O–H groups in total. The van der Waals surface area contributed by atoms with E-state index in [1.54, 1.807) is 49.6 Å². The van der Waals surface area contributed by atoms with Crippen LogP contribution in [-0.2, 0) is 13.2 Å². The molecule has 0 spiro atoms. The number of rotatable bonds is 8. The summed E-state index contributed by atoms with van der Waals surface area (Å²) in [6, 6.07) is 12.8. The monoisotopic (exact) mass is 412 g/mol. The Kier molecular flexibility index (Phi) is 6.72. The fourth-order valence-corrected chi connectivity index (χ4v) is 3.57. The van der Waals surface area contributed by atoms with Gasteiger partial charge in [0.15, 0.2) is 11.5 Å². The summed E-state index contributed by atoms with van der Waals surface area (Å²) >= 11 is 1.59. The molecule has 152 valence electrons. The Morgan fingerprint density at radius 2 is 1.93 bits per heavy atom. The lowest BCUT2D eigenvalue weighted by Crippen LogP contribution is -2.26. The van der Waals surface area contributed by atoms with Gasteiger partial charge >= 0.3 is 0 Å². The second-order valence-corrected chi connectivity index (χ2v) is 7.55. The minimum absolute atomic E-state index is 0.107. The number of ether oxygens (including phenoxy) is 3. The first-order chi connectivity index (χ1) is 14.0. The minimum Gasteiger partial charge on any atom is -0.493 e. The fraction of sp³-hybridized carbons (Fsp3) is 0.273. The van der Waals surface area contributed by atoms with Crippen LogP contribution < -0.4 is 14.2 Å². The third kappa shape index (κ3) is 5.06. The van der Waals surface area contributed by atoms with Crippen molar-refractivity contribution in [1.82, 2.24) is 9.88 Å². The molecule has 0 atom stereocenters. The van der Waals surface area contributed by atoms with Gasteiger partial charge in [-0.25, -0.2) is 4.98 Å². The third-order valence-electron chi connectivity index (χ3n) is 4.37. The number of aromatic nitrogens is 1. The zero-order chi connectivity index (χ0) is 20.8. The molecule has 6 nitrogen and oxygen atoms in total. The molecule has 0 aliphatic heterocycles. The predicted molar refractivity (Wildman–Crippen MR) is 113 cm³/mol. The second kappa shape index (κ2) is 9.43. The van der Waals surface area contributed by atoms with E-state index in [0.717, 1.165) is 16.3 Å². The molecule has 0 aliphatic carbocycles. The number of amides is 1. The van der Waals surface area contributed by atoms with Gasteiger partial charge in [-0.2, -0.15) is 0 Å². The van der Waals surface area contributed by atoms with E-state index in [-0.39, 0.29) is 5.91 Å². The van der Waals surface area contributed by atoms with Gasteiger partial charge in [-0.05, 0) is 31.2 Å². The Balaban J connectivity index is 1.70. The van der Waals surface area contributed by atoms with Crippen molar-refractivity contribution < 1.29 is 19.0 Å². The van der Waals surface area contributed by atoms with Crippen molar-refractivity contribution in [3.8, 4) is 17.2 Å². The average Bonchev–Trinajstić information content (AvgIpc) is 3.16. The summed E-state index contributed by atoms with van der Waals surface area (Å²) in [5.74, 6) is 1.79. The Morgan fingerprint density at radius 1 is 1.14 bits per heavy atom. The van der Waals surface area contributed by atoms with Crippen LogP contribution in [0.5, 0.6) is 17.2 Å². The summed E-state index contributed by atoms with van der Waals surface area (Å²) in [6.07, 6.45) is 0. The van der Waals surface area contributed by atoms with Gasteiger partial charge in [0.25, 0.3) is 5.91 Å². The van der Waals surface area contributed by atoms with Gasteiger partial charge in [0, 0.05) is 30.1 Å². The molecule has 0 fully saturated rings. The lowest BCUT2D eigenvalue weighted by Gasteiger charge is -2.20. The van der Waals surface area contributed by atoms with Crippen molar-refractivity contribution in [3.63, 3.8) is 0 Å². The van der Waals surface area contributed by atoms with Crippen LogP contribution in [0, 0.1) is 6.92 Å². The highest BCUT2D eigenvalue weighted by molar-refractivity contribution is 7.09. The molecule has 0 saturated heterocycles. The van der Waals surface area contributed by atoms with Crippen LogP contribution in [0.2, 0.25) is 0 Å². The van der Waals surface area contributed by atoms with E-state index in [1.165, 1.54) is 0 Å². The minimum atomic E-state index is -0.107. The van der Waals surface area contributed by atoms with Crippen molar-refractivity contribution in [2.45, 2.75) is 20.1 Å². The molecular formula is C22H24N2O4S. The fourth-order valence-electron chi connectivity index (χ4n) is 2.98. The molecular weight excluding hydrogens is 388 g/mol. The zero-order valence-corrected chi connectivity index (χ0v) is 17.8. The smallest absolute Gasteiger partial charge is 0.254 e. The number of carbonyl (C=O) groups is 1. The number of para-hydroxylation sites is 1. The van der Waals surface area contributed by atoms with E-state index >= 15 is 0 Å². The molecule has 0 radical (unpaired) electrons. The first-order valence-electron chi connectivity index (χ1n) is 9.11.